The minimum atomic E-state index is -3.93. The molecule has 2 rings (SSSR count). The number of aromatic nitrogens is 1. The molecular weight excluding hydrogens is 369 g/mol. The van der Waals surface area contributed by atoms with Gasteiger partial charge in [-0.05, 0) is 28.1 Å². The first-order chi connectivity index (χ1) is 9.40. The average Bonchev–Trinajstić information content (AvgIpc) is 2.86. The van der Waals surface area contributed by atoms with Gasteiger partial charge in [-0.1, -0.05) is 0 Å². The van der Waals surface area contributed by atoms with E-state index < -0.39 is 20.7 Å². The fraction of sp³-hybridized carbons (Fsp3) is 0.182. The van der Waals surface area contributed by atoms with E-state index in [0.717, 1.165) is 17.1 Å². The van der Waals surface area contributed by atoms with Gasteiger partial charge in [-0.25, -0.2) is 22.5 Å². The van der Waals surface area contributed by atoms with E-state index in [9.17, 15) is 12.8 Å². The fourth-order valence-electron chi connectivity index (χ4n) is 1.50. The Bertz CT molecular complexity index is 705. The maximum Gasteiger partial charge on any atom is 0.243 e. The number of thiazole rings is 1. The second-order valence-electron chi connectivity index (χ2n) is 3.88. The van der Waals surface area contributed by atoms with E-state index in [1.165, 1.54) is 11.3 Å². The summed E-state index contributed by atoms with van der Waals surface area (Å²) in [7, 11) is -3.93. The number of nitrogens with one attached hydrogen (secondary N) is 1. The molecule has 0 aliphatic carbocycles. The van der Waals surface area contributed by atoms with Crippen LogP contribution in [0.5, 0.6) is 0 Å². The topological polar surface area (TPSA) is 85.1 Å². The molecule has 1 aromatic heterocycles. The number of benzene rings is 1. The predicted octanol–water partition coefficient (Wildman–Crippen LogP) is 2.15. The zero-order valence-corrected chi connectivity index (χ0v) is 13.4. The number of nitrogen functional groups attached to an aromatic ring is 1. The number of anilines is 1. The minimum absolute atomic E-state index is 0.144. The van der Waals surface area contributed by atoms with Gasteiger partial charge < -0.3 is 5.73 Å². The van der Waals surface area contributed by atoms with E-state index in [0.29, 0.717) is 10.9 Å². The van der Waals surface area contributed by atoms with Gasteiger partial charge in [0.2, 0.25) is 10.0 Å². The Morgan fingerprint density at radius 2 is 2.20 bits per heavy atom. The van der Waals surface area contributed by atoms with Crippen LogP contribution >= 0.6 is 27.3 Å². The van der Waals surface area contributed by atoms with Crippen LogP contribution in [0.25, 0.3) is 0 Å². The molecule has 0 spiro atoms. The van der Waals surface area contributed by atoms with Crippen LogP contribution < -0.4 is 10.5 Å². The summed E-state index contributed by atoms with van der Waals surface area (Å²) in [6.45, 7) is 0.144. The maximum absolute atomic E-state index is 13.7. The van der Waals surface area contributed by atoms with E-state index in [4.69, 9.17) is 5.73 Å². The van der Waals surface area contributed by atoms with E-state index >= 15 is 0 Å². The van der Waals surface area contributed by atoms with Gasteiger partial charge in [0, 0.05) is 34.7 Å². The highest BCUT2D eigenvalue weighted by molar-refractivity contribution is 9.10. The molecule has 3 N–H and O–H groups in total. The van der Waals surface area contributed by atoms with Crippen LogP contribution in [0, 0.1) is 5.82 Å². The number of hydrogen-bond acceptors (Lipinski definition) is 5. The summed E-state index contributed by atoms with van der Waals surface area (Å²) >= 11 is 4.47. The largest absolute Gasteiger partial charge is 0.398 e. The summed E-state index contributed by atoms with van der Waals surface area (Å²) in [5, 5.41) is 2.61. The molecule has 9 heteroatoms. The summed E-state index contributed by atoms with van der Waals surface area (Å²) in [5.74, 6) is -0.854. The minimum Gasteiger partial charge on any atom is -0.398 e. The zero-order valence-electron chi connectivity index (χ0n) is 10.1. The summed E-state index contributed by atoms with van der Waals surface area (Å²) < 4.78 is 40.4. The normalized spacial score (nSPS) is 11.7. The Labute approximate surface area is 128 Å². The first kappa shape index (κ1) is 15.4. The van der Waals surface area contributed by atoms with E-state index in [1.54, 1.807) is 11.6 Å². The number of rotatable bonds is 5. The fourth-order valence-corrected chi connectivity index (χ4v) is 3.56. The molecule has 0 aliphatic heterocycles. The number of hydrogen-bond donors (Lipinski definition) is 2. The van der Waals surface area contributed by atoms with Crippen LogP contribution in [-0.4, -0.2) is 19.9 Å². The van der Waals surface area contributed by atoms with E-state index in [-0.39, 0.29) is 12.2 Å². The van der Waals surface area contributed by atoms with Gasteiger partial charge in [-0.3, -0.25) is 0 Å². The lowest BCUT2D eigenvalue weighted by atomic mass is 10.3. The van der Waals surface area contributed by atoms with E-state index in [2.05, 4.69) is 25.6 Å². The zero-order chi connectivity index (χ0) is 14.8. The first-order valence-corrected chi connectivity index (χ1v) is 8.68. The molecule has 0 saturated heterocycles. The van der Waals surface area contributed by atoms with Crippen LogP contribution in [0.3, 0.4) is 0 Å². The average molecular weight is 380 g/mol. The van der Waals surface area contributed by atoms with Crippen LogP contribution in [0.1, 0.15) is 5.01 Å². The van der Waals surface area contributed by atoms with Crippen LogP contribution in [0.4, 0.5) is 10.1 Å². The monoisotopic (exact) mass is 379 g/mol. The third-order valence-electron chi connectivity index (χ3n) is 2.46. The Morgan fingerprint density at radius 3 is 2.85 bits per heavy atom. The number of nitrogens with zero attached hydrogens (tertiary/aromatic N) is 1. The first-order valence-electron chi connectivity index (χ1n) is 5.52. The van der Waals surface area contributed by atoms with Crippen molar-refractivity contribution in [2.24, 2.45) is 0 Å². The van der Waals surface area contributed by atoms with Crippen molar-refractivity contribution in [1.82, 2.24) is 9.71 Å². The SMILES string of the molecule is Nc1cc(S(=O)(=O)NCCc2nccs2)c(F)cc1Br. The summed E-state index contributed by atoms with van der Waals surface area (Å²) in [6.07, 6.45) is 2.09. The lowest BCUT2D eigenvalue weighted by molar-refractivity contribution is 0.557. The summed E-state index contributed by atoms with van der Waals surface area (Å²) in [6, 6.07) is 2.12. The summed E-state index contributed by atoms with van der Waals surface area (Å²) in [5.41, 5.74) is 5.74. The highest BCUT2D eigenvalue weighted by Crippen LogP contribution is 2.25. The Hall–Kier alpha value is -1.03. The van der Waals surface area contributed by atoms with E-state index in [1.807, 2.05) is 0 Å². The number of halogens is 2. The van der Waals surface area contributed by atoms with Crippen molar-refractivity contribution in [2.75, 3.05) is 12.3 Å². The molecule has 0 radical (unpaired) electrons. The predicted molar refractivity (Wildman–Crippen MR) is 79.5 cm³/mol. The molecule has 108 valence electrons. The van der Waals surface area contributed by atoms with Gasteiger partial charge in [0.1, 0.15) is 10.7 Å². The van der Waals surface area contributed by atoms with Crippen LogP contribution in [-0.2, 0) is 16.4 Å². The Kier molecular flexibility index (Phi) is 4.74. The molecule has 0 unspecified atom stereocenters. The van der Waals surface area contributed by atoms with Crippen molar-refractivity contribution in [2.45, 2.75) is 11.3 Å². The molecule has 0 saturated carbocycles. The molecule has 5 nitrogen and oxygen atoms in total. The molecule has 1 heterocycles. The highest BCUT2D eigenvalue weighted by Gasteiger charge is 2.20. The van der Waals surface area contributed by atoms with Crippen molar-refractivity contribution in [3.8, 4) is 0 Å². The van der Waals surface area contributed by atoms with Gasteiger partial charge in [0.05, 0.1) is 5.01 Å². The molecule has 0 aliphatic rings. The van der Waals surface area contributed by atoms with Gasteiger partial charge in [0.15, 0.2) is 0 Å². The van der Waals surface area contributed by atoms with Gasteiger partial charge in [-0.15, -0.1) is 11.3 Å². The Morgan fingerprint density at radius 1 is 1.45 bits per heavy atom. The molecule has 0 bridgehead atoms. The molecular formula is C11H11BrFN3O2S2. The second kappa shape index (κ2) is 6.17. The standard InChI is InChI=1S/C11H11BrFN3O2S2/c12-7-5-8(13)10(6-9(7)14)20(17,18)16-2-1-11-15-3-4-19-11/h3-6,16H,1-2,14H2. The Balaban J connectivity index is 2.12. The van der Waals surface area contributed by atoms with Crippen LogP contribution in [0.2, 0.25) is 0 Å². The van der Waals surface area contributed by atoms with Crippen molar-refractivity contribution in [1.29, 1.82) is 0 Å². The van der Waals surface area contributed by atoms with Crippen molar-refractivity contribution in [3.05, 3.63) is 39.0 Å². The number of sulfonamides is 1. The smallest absolute Gasteiger partial charge is 0.243 e. The quantitative estimate of drug-likeness (QED) is 0.779. The van der Waals surface area contributed by atoms with Gasteiger partial charge >= 0.3 is 0 Å². The highest BCUT2D eigenvalue weighted by atomic mass is 79.9. The van der Waals surface area contributed by atoms with Gasteiger partial charge in [0.25, 0.3) is 0 Å². The lowest BCUT2D eigenvalue weighted by Gasteiger charge is -2.08. The van der Waals surface area contributed by atoms with Crippen molar-refractivity contribution < 1.29 is 12.8 Å². The molecule has 0 fully saturated rings. The molecule has 2 aromatic rings. The van der Waals surface area contributed by atoms with Crippen molar-refractivity contribution in [3.63, 3.8) is 0 Å². The van der Waals surface area contributed by atoms with Crippen LogP contribution in [0.15, 0.2) is 33.1 Å². The third-order valence-corrected chi connectivity index (χ3v) is 5.46. The molecule has 0 atom stereocenters. The van der Waals surface area contributed by atoms with Crippen molar-refractivity contribution >= 4 is 43.0 Å². The molecule has 20 heavy (non-hydrogen) atoms. The molecule has 1 aromatic carbocycles. The van der Waals surface area contributed by atoms with Gasteiger partial charge in [-0.2, -0.15) is 0 Å². The summed E-state index contributed by atoms with van der Waals surface area (Å²) in [4.78, 5) is 3.57. The second-order valence-corrected chi connectivity index (χ2v) is 7.45. The number of nitrogens with two attached hydrogens (primary N) is 1. The molecule has 0 amide bonds. The lowest BCUT2D eigenvalue weighted by Crippen LogP contribution is -2.27. The third kappa shape index (κ3) is 3.54. The maximum atomic E-state index is 13.7.